The van der Waals surface area contributed by atoms with Crippen molar-refractivity contribution in [3.63, 3.8) is 0 Å². The highest BCUT2D eigenvalue weighted by Crippen LogP contribution is 2.29. The van der Waals surface area contributed by atoms with E-state index in [4.69, 9.17) is 11.6 Å². The molecule has 0 heterocycles. The van der Waals surface area contributed by atoms with Gasteiger partial charge in [-0.1, -0.05) is 66.2 Å². The highest BCUT2D eigenvalue weighted by atomic mass is 35.5. The van der Waals surface area contributed by atoms with Crippen molar-refractivity contribution in [2.45, 2.75) is 17.4 Å². The first kappa shape index (κ1) is 20.5. The monoisotopic (exact) mass is 412 g/mol. The van der Waals surface area contributed by atoms with E-state index in [0.29, 0.717) is 16.3 Å². The summed E-state index contributed by atoms with van der Waals surface area (Å²) in [6.45, 7) is 0. The van der Waals surface area contributed by atoms with Gasteiger partial charge in [-0.25, -0.2) is 0 Å². The molecule has 0 bridgehead atoms. The van der Waals surface area contributed by atoms with E-state index >= 15 is 0 Å². The van der Waals surface area contributed by atoms with Gasteiger partial charge in [0.15, 0.2) is 0 Å². The second-order valence-electron chi connectivity index (χ2n) is 6.54. The normalized spacial score (nSPS) is 13.1. The lowest BCUT2D eigenvalue weighted by Crippen LogP contribution is -2.19. The minimum atomic E-state index is -0.889. The topological polar surface area (TPSA) is 57.5 Å². The van der Waals surface area contributed by atoms with Gasteiger partial charge in [-0.05, 0) is 47.4 Å². The number of aliphatic hydroxyl groups excluding tert-OH is 1. The predicted octanol–water partition coefficient (Wildman–Crippen LogP) is 5.92. The molecule has 3 aromatic carbocycles. The van der Waals surface area contributed by atoms with Crippen molar-refractivity contribution in [3.8, 4) is 11.1 Å². The van der Waals surface area contributed by atoms with Crippen LogP contribution in [0.15, 0.2) is 83.8 Å². The summed E-state index contributed by atoms with van der Waals surface area (Å²) in [6.07, 6.45) is -0.646. The van der Waals surface area contributed by atoms with Crippen molar-refractivity contribution < 1.29 is 15.0 Å². The Labute approximate surface area is 174 Å². The van der Waals surface area contributed by atoms with Crippen LogP contribution in [0.25, 0.3) is 11.1 Å². The molecular formula is C23H21ClO3S. The second-order valence-corrected chi connectivity index (χ2v) is 8.07. The van der Waals surface area contributed by atoms with Gasteiger partial charge in [-0.3, -0.25) is 4.79 Å². The van der Waals surface area contributed by atoms with Crippen LogP contribution in [0.2, 0.25) is 5.02 Å². The van der Waals surface area contributed by atoms with Crippen molar-refractivity contribution >= 4 is 29.3 Å². The Morgan fingerprint density at radius 1 is 0.893 bits per heavy atom. The van der Waals surface area contributed by atoms with E-state index in [1.54, 1.807) is 0 Å². The van der Waals surface area contributed by atoms with Gasteiger partial charge in [0.25, 0.3) is 0 Å². The van der Waals surface area contributed by atoms with Crippen LogP contribution < -0.4 is 0 Å². The summed E-state index contributed by atoms with van der Waals surface area (Å²) < 4.78 is 0. The zero-order chi connectivity index (χ0) is 19.9. The molecule has 0 aliphatic heterocycles. The van der Waals surface area contributed by atoms with E-state index in [0.717, 1.165) is 16.0 Å². The fraction of sp³-hybridized carbons (Fsp3) is 0.174. The number of aliphatic carboxylic acids is 1. The first-order chi connectivity index (χ1) is 13.5. The van der Waals surface area contributed by atoms with E-state index in [2.05, 4.69) is 0 Å². The second kappa shape index (κ2) is 9.78. The molecule has 0 aromatic heterocycles. The zero-order valence-electron chi connectivity index (χ0n) is 15.2. The molecule has 0 fully saturated rings. The molecule has 144 valence electrons. The summed E-state index contributed by atoms with van der Waals surface area (Å²) in [4.78, 5) is 12.6. The lowest BCUT2D eigenvalue weighted by Gasteiger charge is -2.17. The van der Waals surface area contributed by atoms with Gasteiger partial charge in [0, 0.05) is 15.7 Å². The molecule has 0 saturated heterocycles. The average molecular weight is 413 g/mol. The number of benzene rings is 3. The van der Waals surface area contributed by atoms with Crippen molar-refractivity contribution in [3.05, 3.63) is 89.4 Å². The van der Waals surface area contributed by atoms with Gasteiger partial charge in [-0.2, -0.15) is 0 Å². The minimum Gasteiger partial charge on any atom is -0.481 e. The summed E-state index contributed by atoms with van der Waals surface area (Å²) in [5.74, 6) is -1.10. The quantitative estimate of drug-likeness (QED) is 0.450. The Morgan fingerprint density at radius 3 is 2.04 bits per heavy atom. The summed E-state index contributed by atoms with van der Waals surface area (Å²) >= 11 is 7.41. The maximum atomic E-state index is 11.6. The van der Waals surface area contributed by atoms with E-state index in [9.17, 15) is 15.0 Å². The van der Waals surface area contributed by atoms with Crippen molar-refractivity contribution in [2.24, 2.45) is 5.92 Å². The predicted molar refractivity (Wildman–Crippen MR) is 115 cm³/mol. The highest BCUT2D eigenvalue weighted by molar-refractivity contribution is 7.99. The third-order valence-corrected chi connectivity index (χ3v) is 5.95. The minimum absolute atomic E-state index is 0.176. The van der Waals surface area contributed by atoms with E-state index in [-0.39, 0.29) is 6.42 Å². The molecule has 0 aliphatic rings. The molecule has 0 radical (unpaired) electrons. The van der Waals surface area contributed by atoms with Gasteiger partial charge < -0.3 is 10.2 Å². The molecule has 0 aliphatic carbocycles. The third-order valence-electron chi connectivity index (χ3n) is 4.52. The number of carboxylic acids is 1. The molecule has 2 N–H and O–H groups in total. The first-order valence-corrected chi connectivity index (χ1v) is 10.3. The molecule has 0 saturated carbocycles. The number of thioether (sulfide) groups is 1. The summed E-state index contributed by atoms with van der Waals surface area (Å²) in [6, 6.07) is 24.8. The number of hydrogen-bond acceptors (Lipinski definition) is 3. The largest absolute Gasteiger partial charge is 0.481 e. The summed E-state index contributed by atoms with van der Waals surface area (Å²) in [7, 11) is 0. The highest BCUT2D eigenvalue weighted by Gasteiger charge is 2.22. The Bertz CT molecular complexity index is 895. The molecule has 3 aromatic rings. The number of hydrogen-bond donors (Lipinski definition) is 2. The van der Waals surface area contributed by atoms with Crippen LogP contribution >= 0.6 is 23.4 Å². The molecule has 28 heavy (non-hydrogen) atoms. The van der Waals surface area contributed by atoms with Gasteiger partial charge in [0.2, 0.25) is 0 Å². The van der Waals surface area contributed by atoms with E-state index in [1.807, 2.05) is 78.9 Å². The lowest BCUT2D eigenvalue weighted by molar-refractivity contribution is -0.142. The summed E-state index contributed by atoms with van der Waals surface area (Å²) in [5.41, 5.74) is 2.77. The van der Waals surface area contributed by atoms with Crippen LogP contribution in [0.3, 0.4) is 0 Å². The van der Waals surface area contributed by atoms with E-state index in [1.165, 1.54) is 11.8 Å². The van der Waals surface area contributed by atoms with Crippen molar-refractivity contribution in [1.82, 2.24) is 0 Å². The van der Waals surface area contributed by atoms with Gasteiger partial charge in [0.05, 0.1) is 12.0 Å². The molecule has 5 heteroatoms. The van der Waals surface area contributed by atoms with Gasteiger partial charge in [-0.15, -0.1) is 11.8 Å². The van der Waals surface area contributed by atoms with Crippen LogP contribution in [-0.4, -0.2) is 21.9 Å². The molecule has 3 nitrogen and oxygen atoms in total. The average Bonchev–Trinajstić information content (AvgIpc) is 2.72. The molecule has 2 atom stereocenters. The Balaban J connectivity index is 1.63. The molecule has 3 rings (SSSR count). The van der Waals surface area contributed by atoms with Gasteiger partial charge >= 0.3 is 5.97 Å². The Morgan fingerprint density at radius 2 is 1.46 bits per heavy atom. The fourth-order valence-corrected chi connectivity index (χ4v) is 4.05. The number of rotatable bonds is 8. The smallest absolute Gasteiger partial charge is 0.307 e. The first-order valence-electron chi connectivity index (χ1n) is 8.97. The SMILES string of the molecule is O=C(O)[C@@H](CSc1ccccc1)CC(O)c1ccc(-c2ccc(Cl)cc2)cc1. The maximum absolute atomic E-state index is 11.6. The lowest BCUT2D eigenvalue weighted by atomic mass is 9.96. The van der Waals surface area contributed by atoms with Gasteiger partial charge in [0.1, 0.15) is 0 Å². The number of halogens is 1. The number of carboxylic acid groups (broad SMARTS) is 1. The zero-order valence-corrected chi connectivity index (χ0v) is 16.7. The standard InChI is InChI=1S/C23H21ClO3S/c24-20-12-10-17(11-13-20)16-6-8-18(9-7-16)22(25)14-19(23(26)27)15-28-21-4-2-1-3-5-21/h1-13,19,22,25H,14-15H2,(H,26,27)/t19-,22?/m1/s1. The number of aliphatic hydroxyl groups is 1. The fourth-order valence-electron chi connectivity index (χ4n) is 2.90. The molecular weight excluding hydrogens is 392 g/mol. The third kappa shape index (κ3) is 5.61. The maximum Gasteiger partial charge on any atom is 0.307 e. The van der Waals surface area contributed by atoms with Crippen LogP contribution in [0, 0.1) is 5.92 Å². The van der Waals surface area contributed by atoms with Crippen LogP contribution in [0.1, 0.15) is 18.1 Å². The number of carbonyl (C=O) groups is 1. The molecule has 0 amide bonds. The van der Waals surface area contributed by atoms with Crippen molar-refractivity contribution in [1.29, 1.82) is 0 Å². The van der Waals surface area contributed by atoms with Crippen LogP contribution in [0.4, 0.5) is 0 Å². The Kier molecular flexibility index (Phi) is 7.15. The molecule has 1 unspecified atom stereocenters. The van der Waals surface area contributed by atoms with Crippen LogP contribution in [0.5, 0.6) is 0 Å². The van der Waals surface area contributed by atoms with Crippen molar-refractivity contribution in [2.75, 3.05) is 5.75 Å². The Hall–Kier alpha value is -2.27. The van der Waals surface area contributed by atoms with E-state index < -0.39 is 18.0 Å². The summed E-state index contributed by atoms with van der Waals surface area (Å²) in [5, 5.41) is 20.8. The molecule has 0 spiro atoms. The van der Waals surface area contributed by atoms with Crippen LogP contribution in [-0.2, 0) is 4.79 Å².